The molecule has 0 saturated heterocycles. The lowest BCUT2D eigenvalue weighted by atomic mass is 10.0. The third-order valence-corrected chi connectivity index (χ3v) is 3.46. The first-order chi connectivity index (χ1) is 10.1. The molecule has 0 amide bonds. The minimum Gasteiger partial charge on any atom is -0.489 e. The molecular formula is C18H24N2O. The van der Waals surface area contributed by atoms with Crippen LogP contribution in [0.1, 0.15) is 43.4 Å². The number of nitrogens with zero attached hydrogens (tertiary/aromatic N) is 1. The van der Waals surface area contributed by atoms with Crippen LogP contribution >= 0.6 is 0 Å². The van der Waals surface area contributed by atoms with Crippen molar-refractivity contribution in [2.24, 2.45) is 0 Å². The highest BCUT2D eigenvalue weighted by molar-refractivity contribution is 5.38. The first kappa shape index (κ1) is 15.4. The number of aryl methyl sites for hydroxylation is 1. The van der Waals surface area contributed by atoms with Crippen molar-refractivity contribution in [1.82, 2.24) is 4.98 Å². The molecule has 3 nitrogen and oxygen atoms in total. The van der Waals surface area contributed by atoms with E-state index in [-0.39, 0.29) is 0 Å². The summed E-state index contributed by atoms with van der Waals surface area (Å²) in [6, 6.07) is 10.5. The monoisotopic (exact) mass is 284 g/mol. The Labute approximate surface area is 127 Å². The molecule has 0 atom stereocenters. The number of hydrogen-bond donors (Lipinski definition) is 1. The number of benzene rings is 1. The summed E-state index contributed by atoms with van der Waals surface area (Å²) in [5.74, 6) is 2.37. The summed E-state index contributed by atoms with van der Waals surface area (Å²) >= 11 is 0. The summed E-state index contributed by atoms with van der Waals surface area (Å²) < 4.78 is 5.95. The summed E-state index contributed by atoms with van der Waals surface area (Å²) in [7, 11) is 0. The maximum atomic E-state index is 5.95. The molecule has 3 heteroatoms. The molecule has 0 aliphatic rings. The molecule has 0 spiro atoms. The van der Waals surface area contributed by atoms with Crippen molar-refractivity contribution in [3.8, 4) is 5.75 Å². The van der Waals surface area contributed by atoms with Gasteiger partial charge in [-0.2, -0.15) is 0 Å². The Bertz CT molecular complexity index is 576. The average Bonchev–Trinajstić information content (AvgIpc) is 2.48. The fourth-order valence-electron chi connectivity index (χ4n) is 2.09. The largest absolute Gasteiger partial charge is 0.489 e. The van der Waals surface area contributed by atoms with E-state index in [4.69, 9.17) is 4.74 Å². The number of nitrogens with one attached hydrogen (secondary N) is 1. The topological polar surface area (TPSA) is 34.1 Å². The van der Waals surface area contributed by atoms with E-state index in [2.05, 4.69) is 56.2 Å². The van der Waals surface area contributed by atoms with Gasteiger partial charge in [-0.15, -0.1) is 0 Å². The second-order valence-corrected chi connectivity index (χ2v) is 5.55. The molecule has 1 aromatic carbocycles. The summed E-state index contributed by atoms with van der Waals surface area (Å²) in [4.78, 5) is 4.36. The quantitative estimate of drug-likeness (QED) is 0.846. The molecule has 21 heavy (non-hydrogen) atoms. The first-order valence-corrected chi connectivity index (χ1v) is 7.52. The van der Waals surface area contributed by atoms with Gasteiger partial charge >= 0.3 is 0 Å². The highest BCUT2D eigenvalue weighted by Crippen LogP contribution is 2.25. The summed E-state index contributed by atoms with van der Waals surface area (Å²) in [6.07, 6.45) is 1.86. The Kier molecular flexibility index (Phi) is 5.20. The van der Waals surface area contributed by atoms with Gasteiger partial charge in [0, 0.05) is 18.3 Å². The van der Waals surface area contributed by atoms with E-state index < -0.39 is 0 Å². The molecule has 1 heterocycles. The minimum absolute atomic E-state index is 0.508. The van der Waals surface area contributed by atoms with Gasteiger partial charge in [0.2, 0.25) is 0 Å². The Morgan fingerprint density at radius 2 is 2.00 bits per heavy atom. The number of hydrogen-bond acceptors (Lipinski definition) is 3. The Morgan fingerprint density at radius 1 is 1.19 bits per heavy atom. The van der Waals surface area contributed by atoms with E-state index in [0.29, 0.717) is 12.5 Å². The second-order valence-electron chi connectivity index (χ2n) is 5.55. The zero-order valence-corrected chi connectivity index (χ0v) is 13.3. The van der Waals surface area contributed by atoms with Crippen molar-refractivity contribution >= 4 is 5.82 Å². The number of aromatic nitrogens is 1. The summed E-state index contributed by atoms with van der Waals surface area (Å²) in [5.41, 5.74) is 3.54. The maximum absolute atomic E-state index is 5.95. The van der Waals surface area contributed by atoms with Crippen LogP contribution < -0.4 is 10.1 Å². The molecule has 0 aliphatic carbocycles. The Hall–Kier alpha value is -2.03. The van der Waals surface area contributed by atoms with Crippen LogP contribution in [0.15, 0.2) is 36.5 Å². The highest BCUT2D eigenvalue weighted by atomic mass is 16.5. The van der Waals surface area contributed by atoms with Crippen molar-refractivity contribution in [3.63, 3.8) is 0 Å². The molecule has 0 unspecified atom stereocenters. The smallest absolute Gasteiger partial charge is 0.125 e. The van der Waals surface area contributed by atoms with Gasteiger partial charge in [0.05, 0.1) is 0 Å². The van der Waals surface area contributed by atoms with Crippen molar-refractivity contribution in [1.29, 1.82) is 0 Å². The molecule has 0 aliphatic heterocycles. The van der Waals surface area contributed by atoms with Gasteiger partial charge in [0.1, 0.15) is 18.2 Å². The Morgan fingerprint density at radius 3 is 2.62 bits per heavy atom. The minimum atomic E-state index is 0.508. The third kappa shape index (κ3) is 4.22. The van der Waals surface area contributed by atoms with Crippen molar-refractivity contribution in [3.05, 3.63) is 53.2 Å². The lowest BCUT2D eigenvalue weighted by Gasteiger charge is -2.13. The molecule has 1 N–H and O–H groups in total. The van der Waals surface area contributed by atoms with Gasteiger partial charge in [0.15, 0.2) is 0 Å². The van der Waals surface area contributed by atoms with Crippen LogP contribution in [-0.2, 0) is 6.61 Å². The van der Waals surface area contributed by atoms with Crippen LogP contribution in [0.5, 0.6) is 5.75 Å². The van der Waals surface area contributed by atoms with Crippen LogP contribution in [0.4, 0.5) is 5.82 Å². The van der Waals surface area contributed by atoms with Crippen molar-refractivity contribution in [2.45, 2.75) is 40.2 Å². The van der Waals surface area contributed by atoms with Crippen LogP contribution in [0, 0.1) is 6.92 Å². The van der Waals surface area contributed by atoms with Gasteiger partial charge in [-0.3, -0.25) is 0 Å². The first-order valence-electron chi connectivity index (χ1n) is 7.52. The van der Waals surface area contributed by atoms with E-state index >= 15 is 0 Å². The molecule has 2 aromatic rings. The van der Waals surface area contributed by atoms with E-state index in [9.17, 15) is 0 Å². The van der Waals surface area contributed by atoms with Gasteiger partial charge in [-0.25, -0.2) is 4.98 Å². The third-order valence-electron chi connectivity index (χ3n) is 3.46. The number of rotatable bonds is 6. The molecule has 112 valence electrons. The second kappa shape index (κ2) is 7.11. The van der Waals surface area contributed by atoms with Crippen LogP contribution in [-0.4, -0.2) is 11.5 Å². The molecule has 0 bridgehead atoms. The molecule has 0 saturated carbocycles. The molecule has 0 fully saturated rings. The molecule has 2 rings (SSSR count). The molecule has 1 aromatic heterocycles. The zero-order chi connectivity index (χ0) is 15.2. The van der Waals surface area contributed by atoms with E-state index in [0.717, 1.165) is 29.2 Å². The predicted octanol–water partition coefficient (Wildman–Crippen LogP) is 4.52. The number of ether oxygens (including phenoxy) is 1. The van der Waals surface area contributed by atoms with Crippen LogP contribution in [0.25, 0.3) is 0 Å². The standard InChI is InChI=1S/C18H24N2O/c1-5-19-18-9-7-15(11-20-18)12-21-17-10-16(13(2)3)8-6-14(17)4/h6-11,13H,5,12H2,1-4H3,(H,19,20). The normalized spacial score (nSPS) is 10.7. The van der Waals surface area contributed by atoms with Gasteiger partial charge in [-0.1, -0.05) is 32.0 Å². The van der Waals surface area contributed by atoms with Crippen LogP contribution in [0.3, 0.4) is 0 Å². The lowest BCUT2D eigenvalue weighted by Crippen LogP contribution is -2.02. The van der Waals surface area contributed by atoms with Crippen LogP contribution in [0.2, 0.25) is 0 Å². The highest BCUT2D eigenvalue weighted by Gasteiger charge is 2.05. The fourth-order valence-corrected chi connectivity index (χ4v) is 2.09. The molecule has 0 radical (unpaired) electrons. The number of anilines is 1. The van der Waals surface area contributed by atoms with E-state index in [1.807, 2.05) is 18.3 Å². The summed E-state index contributed by atoms with van der Waals surface area (Å²) in [6.45, 7) is 9.94. The zero-order valence-electron chi connectivity index (χ0n) is 13.3. The summed E-state index contributed by atoms with van der Waals surface area (Å²) in [5, 5.41) is 3.19. The average molecular weight is 284 g/mol. The predicted molar refractivity (Wildman–Crippen MR) is 88.0 cm³/mol. The van der Waals surface area contributed by atoms with Gasteiger partial charge in [0.25, 0.3) is 0 Å². The molecular weight excluding hydrogens is 260 g/mol. The van der Waals surface area contributed by atoms with Crippen molar-refractivity contribution in [2.75, 3.05) is 11.9 Å². The van der Waals surface area contributed by atoms with Gasteiger partial charge in [-0.05, 0) is 43.0 Å². The lowest BCUT2D eigenvalue weighted by molar-refractivity contribution is 0.303. The van der Waals surface area contributed by atoms with E-state index in [1.165, 1.54) is 5.56 Å². The SMILES string of the molecule is CCNc1ccc(COc2cc(C(C)C)ccc2C)cn1. The Balaban J connectivity index is 2.03. The maximum Gasteiger partial charge on any atom is 0.125 e. The number of pyridine rings is 1. The van der Waals surface area contributed by atoms with E-state index in [1.54, 1.807) is 0 Å². The fraction of sp³-hybridized carbons (Fsp3) is 0.389. The van der Waals surface area contributed by atoms with Crippen molar-refractivity contribution < 1.29 is 4.74 Å². The van der Waals surface area contributed by atoms with Gasteiger partial charge < -0.3 is 10.1 Å².